The highest BCUT2D eigenvalue weighted by molar-refractivity contribution is 6.34. The molecule has 49 heavy (non-hydrogen) atoms. The topological polar surface area (TPSA) is 152 Å². The molecule has 16 heteroatoms. The Morgan fingerprint density at radius 2 is 1.61 bits per heavy atom. The normalized spacial score (nSPS) is 13.4. The molecule has 1 saturated heterocycles. The molecule has 5 rings (SSSR count). The number of carboxylic acids is 1. The van der Waals surface area contributed by atoms with E-state index in [1.165, 1.54) is 54.3 Å². The van der Waals surface area contributed by atoms with Crippen LogP contribution in [0.25, 0.3) is 22.4 Å². The van der Waals surface area contributed by atoms with Crippen LogP contribution < -0.4 is 5.32 Å². The van der Waals surface area contributed by atoms with E-state index in [0.29, 0.717) is 31.9 Å². The molecule has 0 spiro atoms. The Hall–Kier alpha value is -5.31. The number of anilines is 1. The van der Waals surface area contributed by atoms with Crippen LogP contribution in [-0.2, 0) is 23.1 Å². The summed E-state index contributed by atoms with van der Waals surface area (Å²) in [6, 6.07) is 7.10. The van der Waals surface area contributed by atoms with Crippen molar-refractivity contribution < 1.29 is 37.8 Å². The molecule has 2 aromatic carbocycles. The number of halogens is 3. The van der Waals surface area contributed by atoms with Gasteiger partial charge in [-0.3, -0.25) is 19.1 Å². The maximum absolute atomic E-state index is 15.4. The Kier molecular flexibility index (Phi) is 9.76. The second kappa shape index (κ2) is 13.7. The number of aryl methyl sites for hydroxylation is 1. The third-order valence-electron chi connectivity index (χ3n) is 7.76. The summed E-state index contributed by atoms with van der Waals surface area (Å²) in [4.78, 5) is 57.0. The standard InChI is InChI=1S/C33H34ClF2N7O6/c1-18-23(16-43(39-18)17-26(44)45)20-8-9-22(28(36)27(20)35)25-15-37-29(40(25)5)30(46)38-19-6-7-21(24(34)14-19)31(47)41-10-12-42(13-11-41)32(48)49-33(2,3)4/h6-9,14-16H,10-13,17H2,1-5H3,(H,38,46)(H,44,45). The number of piperazine rings is 1. The van der Waals surface area contributed by atoms with Crippen LogP contribution in [-0.4, -0.2) is 89.9 Å². The van der Waals surface area contributed by atoms with E-state index in [1.54, 1.807) is 37.5 Å². The fourth-order valence-electron chi connectivity index (χ4n) is 5.37. The fourth-order valence-corrected chi connectivity index (χ4v) is 5.63. The Bertz CT molecular complexity index is 1960. The third-order valence-corrected chi connectivity index (χ3v) is 8.07. The number of carbonyl (C=O) groups excluding carboxylic acids is 3. The zero-order valence-corrected chi connectivity index (χ0v) is 28.1. The lowest BCUT2D eigenvalue weighted by atomic mass is 10.0. The summed E-state index contributed by atoms with van der Waals surface area (Å²) in [7, 11) is 1.47. The van der Waals surface area contributed by atoms with E-state index in [-0.39, 0.29) is 50.4 Å². The first-order valence-electron chi connectivity index (χ1n) is 15.2. The number of imidazole rings is 1. The minimum atomic E-state index is -1.18. The van der Waals surface area contributed by atoms with E-state index >= 15 is 8.78 Å². The van der Waals surface area contributed by atoms with Crippen LogP contribution in [0.15, 0.2) is 42.7 Å². The van der Waals surface area contributed by atoms with Crippen LogP contribution >= 0.6 is 11.6 Å². The van der Waals surface area contributed by atoms with Crippen molar-refractivity contribution in [2.24, 2.45) is 7.05 Å². The number of amides is 3. The minimum Gasteiger partial charge on any atom is -0.480 e. The Morgan fingerprint density at radius 1 is 0.980 bits per heavy atom. The summed E-state index contributed by atoms with van der Waals surface area (Å²) in [6.07, 6.45) is 2.12. The quantitative estimate of drug-likeness (QED) is 0.267. The van der Waals surface area contributed by atoms with Gasteiger partial charge in [0.2, 0.25) is 0 Å². The van der Waals surface area contributed by atoms with Gasteiger partial charge in [-0.05, 0) is 52.0 Å². The van der Waals surface area contributed by atoms with E-state index < -0.39 is 41.7 Å². The average molecular weight is 698 g/mol. The van der Waals surface area contributed by atoms with Crippen molar-refractivity contribution in [3.05, 3.63) is 76.5 Å². The highest BCUT2D eigenvalue weighted by Gasteiger charge is 2.29. The van der Waals surface area contributed by atoms with E-state index in [1.807, 2.05) is 0 Å². The van der Waals surface area contributed by atoms with Gasteiger partial charge in [0.1, 0.15) is 12.1 Å². The molecular weight excluding hydrogens is 664 g/mol. The van der Waals surface area contributed by atoms with Crippen molar-refractivity contribution in [1.29, 1.82) is 0 Å². The predicted octanol–water partition coefficient (Wildman–Crippen LogP) is 5.22. The van der Waals surface area contributed by atoms with Crippen LogP contribution in [0.5, 0.6) is 0 Å². The van der Waals surface area contributed by atoms with Crippen molar-refractivity contribution in [2.45, 2.75) is 39.8 Å². The van der Waals surface area contributed by atoms with E-state index in [0.717, 1.165) is 4.68 Å². The van der Waals surface area contributed by atoms with E-state index in [4.69, 9.17) is 21.4 Å². The molecule has 3 heterocycles. The number of carbonyl (C=O) groups is 4. The SMILES string of the molecule is Cc1nn(CC(=O)O)cc1-c1ccc(-c2cnc(C(=O)Nc3ccc(C(=O)N4CCN(C(=O)OC(C)(C)C)CC4)c(Cl)c3)n2C)c(F)c1F. The highest BCUT2D eigenvalue weighted by atomic mass is 35.5. The molecule has 2 aromatic heterocycles. The molecule has 0 bridgehead atoms. The molecule has 0 saturated carbocycles. The molecule has 2 N–H and O–H groups in total. The van der Waals surface area contributed by atoms with E-state index in [9.17, 15) is 19.2 Å². The lowest BCUT2D eigenvalue weighted by Crippen LogP contribution is -2.51. The van der Waals surface area contributed by atoms with Gasteiger partial charge in [0.15, 0.2) is 17.5 Å². The molecule has 0 radical (unpaired) electrons. The van der Waals surface area contributed by atoms with Gasteiger partial charge in [-0.2, -0.15) is 5.10 Å². The second-order valence-electron chi connectivity index (χ2n) is 12.4. The summed E-state index contributed by atoms with van der Waals surface area (Å²) in [5.41, 5.74) is 0.292. The molecule has 1 aliphatic rings. The molecule has 1 fully saturated rings. The number of aromatic nitrogens is 4. The Morgan fingerprint density at radius 3 is 2.24 bits per heavy atom. The maximum atomic E-state index is 15.4. The van der Waals surface area contributed by atoms with Gasteiger partial charge in [-0.1, -0.05) is 17.7 Å². The zero-order chi connectivity index (χ0) is 35.8. The molecule has 0 atom stereocenters. The Balaban J connectivity index is 1.26. The molecule has 258 valence electrons. The van der Waals surface area contributed by atoms with E-state index in [2.05, 4.69) is 15.4 Å². The van der Waals surface area contributed by atoms with Gasteiger partial charge in [0.25, 0.3) is 11.8 Å². The summed E-state index contributed by atoms with van der Waals surface area (Å²) < 4.78 is 38.6. The van der Waals surface area contributed by atoms with Gasteiger partial charge in [-0.25, -0.2) is 18.6 Å². The van der Waals surface area contributed by atoms with Gasteiger partial charge >= 0.3 is 12.1 Å². The number of hydrogen-bond acceptors (Lipinski definition) is 7. The monoisotopic (exact) mass is 697 g/mol. The number of aliphatic carboxylic acids is 1. The fraction of sp³-hybridized carbons (Fsp3) is 0.333. The number of benzene rings is 2. The van der Waals surface area contributed by atoms with Crippen molar-refractivity contribution in [2.75, 3.05) is 31.5 Å². The number of carboxylic acid groups (broad SMARTS) is 1. The minimum absolute atomic E-state index is 0.0966. The molecule has 13 nitrogen and oxygen atoms in total. The molecule has 4 aromatic rings. The first-order valence-corrected chi connectivity index (χ1v) is 15.6. The molecular formula is C33H34ClF2N7O6. The summed E-state index contributed by atoms with van der Waals surface area (Å²) in [5.74, 6) is -4.59. The number of rotatable bonds is 7. The number of hydrogen-bond donors (Lipinski definition) is 2. The highest BCUT2D eigenvalue weighted by Crippen LogP contribution is 2.33. The first-order chi connectivity index (χ1) is 23.0. The summed E-state index contributed by atoms with van der Waals surface area (Å²) in [6.45, 7) is 7.66. The summed E-state index contributed by atoms with van der Waals surface area (Å²) in [5, 5.41) is 15.8. The lowest BCUT2D eigenvalue weighted by molar-refractivity contribution is -0.137. The molecule has 0 aliphatic carbocycles. The largest absolute Gasteiger partial charge is 0.480 e. The van der Waals surface area contributed by atoms with Crippen molar-refractivity contribution >= 4 is 41.2 Å². The zero-order valence-electron chi connectivity index (χ0n) is 27.4. The molecule has 1 aliphatic heterocycles. The summed E-state index contributed by atoms with van der Waals surface area (Å²) >= 11 is 6.45. The average Bonchev–Trinajstić information content (AvgIpc) is 3.58. The van der Waals surface area contributed by atoms with Crippen LogP contribution in [0.2, 0.25) is 5.02 Å². The van der Waals surface area contributed by atoms with Crippen LogP contribution in [0.4, 0.5) is 19.3 Å². The predicted molar refractivity (Wildman–Crippen MR) is 175 cm³/mol. The number of nitrogens with one attached hydrogen (secondary N) is 1. The first kappa shape index (κ1) is 35.0. The van der Waals surface area contributed by atoms with Gasteiger partial charge in [-0.15, -0.1) is 0 Å². The molecule has 0 unspecified atom stereocenters. The van der Waals surface area contributed by atoms with Crippen LogP contribution in [0, 0.1) is 18.6 Å². The Labute approximate surface area is 285 Å². The van der Waals surface area contributed by atoms with Gasteiger partial charge < -0.3 is 29.5 Å². The number of ether oxygens (including phenoxy) is 1. The van der Waals surface area contributed by atoms with Crippen molar-refractivity contribution in [1.82, 2.24) is 29.1 Å². The lowest BCUT2D eigenvalue weighted by Gasteiger charge is -2.35. The second-order valence-corrected chi connectivity index (χ2v) is 12.8. The van der Waals surface area contributed by atoms with Crippen molar-refractivity contribution in [3.63, 3.8) is 0 Å². The van der Waals surface area contributed by atoms with Crippen molar-refractivity contribution in [3.8, 4) is 22.4 Å². The van der Waals surface area contributed by atoms with Gasteiger partial charge in [0, 0.05) is 61.8 Å². The van der Waals surface area contributed by atoms with Crippen LogP contribution in [0.3, 0.4) is 0 Å². The maximum Gasteiger partial charge on any atom is 0.410 e. The smallest absolute Gasteiger partial charge is 0.410 e. The van der Waals surface area contributed by atoms with Gasteiger partial charge in [0.05, 0.1) is 28.2 Å². The third kappa shape index (κ3) is 7.56. The number of nitrogens with zero attached hydrogens (tertiary/aromatic N) is 6. The van der Waals surface area contributed by atoms with Crippen LogP contribution in [0.1, 0.15) is 47.4 Å². The molecule has 3 amide bonds.